The van der Waals surface area contributed by atoms with E-state index in [-0.39, 0.29) is 0 Å². The number of ether oxygens (including phenoxy) is 2. The Hall–Kier alpha value is -2.44. The molecule has 3 aromatic rings. The van der Waals surface area contributed by atoms with E-state index < -0.39 is 0 Å². The van der Waals surface area contributed by atoms with Gasteiger partial charge in [0.2, 0.25) is 0 Å². The van der Waals surface area contributed by atoms with E-state index in [1.54, 1.807) is 0 Å². The third-order valence-corrected chi connectivity index (χ3v) is 5.16. The van der Waals surface area contributed by atoms with Gasteiger partial charge in [0, 0.05) is 37.0 Å². The minimum absolute atomic E-state index is 0.759. The smallest absolute Gasteiger partial charge is 0.129 e. The molecule has 2 aliphatic heterocycles. The number of hydrogen-bond donors (Lipinski definition) is 0. The van der Waals surface area contributed by atoms with E-state index in [9.17, 15) is 0 Å². The molecule has 2 fully saturated rings. The highest BCUT2D eigenvalue weighted by molar-refractivity contribution is 6.03. The van der Waals surface area contributed by atoms with Crippen molar-refractivity contribution < 1.29 is 9.47 Å². The predicted octanol–water partition coefficient (Wildman–Crippen LogP) is 2.46. The zero-order valence-corrected chi connectivity index (χ0v) is 14.7. The molecule has 0 atom stereocenters. The summed E-state index contributed by atoms with van der Waals surface area (Å²) in [7, 11) is 0. The summed E-state index contributed by atoms with van der Waals surface area (Å²) in [5, 5.41) is 2.25. The molecular formula is C20H22N4O2. The largest absolute Gasteiger partial charge is 0.378 e. The molecule has 0 spiro atoms. The van der Waals surface area contributed by atoms with Crippen LogP contribution in [0.5, 0.6) is 0 Å². The number of rotatable bonds is 2. The van der Waals surface area contributed by atoms with Crippen LogP contribution in [0, 0.1) is 0 Å². The molecule has 26 heavy (non-hydrogen) atoms. The van der Waals surface area contributed by atoms with E-state index in [0.29, 0.717) is 0 Å². The number of pyridine rings is 2. The van der Waals surface area contributed by atoms with Crippen LogP contribution in [-0.2, 0) is 9.47 Å². The maximum atomic E-state index is 5.46. The van der Waals surface area contributed by atoms with Crippen LogP contribution >= 0.6 is 0 Å². The van der Waals surface area contributed by atoms with E-state index in [4.69, 9.17) is 19.4 Å². The second-order valence-electron chi connectivity index (χ2n) is 6.75. The average Bonchev–Trinajstić information content (AvgIpc) is 2.74. The Kier molecular flexibility index (Phi) is 4.07. The average molecular weight is 350 g/mol. The van der Waals surface area contributed by atoms with Gasteiger partial charge < -0.3 is 19.3 Å². The molecule has 0 aliphatic carbocycles. The summed E-state index contributed by atoms with van der Waals surface area (Å²) in [6.45, 7) is 6.57. The van der Waals surface area contributed by atoms with Crippen molar-refractivity contribution in [3.63, 3.8) is 0 Å². The Morgan fingerprint density at radius 1 is 0.577 bits per heavy atom. The summed E-state index contributed by atoms with van der Waals surface area (Å²) >= 11 is 0. The third kappa shape index (κ3) is 2.85. The molecule has 4 heterocycles. The molecule has 0 amide bonds. The molecule has 134 valence electrons. The van der Waals surface area contributed by atoms with Crippen molar-refractivity contribution in [1.82, 2.24) is 9.97 Å². The molecule has 0 unspecified atom stereocenters. The summed E-state index contributed by atoms with van der Waals surface area (Å²) in [6.07, 6.45) is 0. The first-order chi connectivity index (χ1) is 12.9. The number of aromatic nitrogens is 2. The number of anilines is 2. The van der Waals surface area contributed by atoms with Gasteiger partial charge in [-0.2, -0.15) is 0 Å². The lowest BCUT2D eigenvalue weighted by Gasteiger charge is -2.28. The number of morpholine rings is 2. The van der Waals surface area contributed by atoms with E-state index in [1.807, 2.05) is 0 Å². The molecule has 0 bridgehead atoms. The van der Waals surface area contributed by atoms with Crippen LogP contribution in [0.1, 0.15) is 0 Å². The highest BCUT2D eigenvalue weighted by Crippen LogP contribution is 2.27. The highest BCUT2D eigenvalue weighted by atomic mass is 16.5. The summed E-state index contributed by atoms with van der Waals surface area (Å²) < 4.78 is 10.9. The van der Waals surface area contributed by atoms with Crippen molar-refractivity contribution in [3.05, 3.63) is 36.4 Å². The minimum Gasteiger partial charge on any atom is -0.378 e. The van der Waals surface area contributed by atoms with E-state index >= 15 is 0 Å². The van der Waals surface area contributed by atoms with Gasteiger partial charge in [-0.05, 0) is 24.3 Å². The Balaban J connectivity index is 1.61. The standard InChI is InChI=1S/C20H22N4O2/c1-2-16-4-6-18(24-9-13-26-14-10-24)22-20(16)19-15(1)3-5-17(21-19)23-7-11-25-12-8-23/h1-6H,7-14H2. The van der Waals surface area contributed by atoms with Crippen LogP contribution in [0.25, 0.3) is 21.8 Å². The lowest BCUT2D eigenvalue weighted by Crippen LogP contribution is -2.36. The Morgan fingerprint density at radius 2 is 0.962 bits per heavy atom. The van der Waals surface area contributed by atoms with Gasteiger partial charge in [-0.3, -0.25) is 0 Å². The molecular weight excluding hydrogens is 328 g/mol. The summed E-state index contributed by atoms with van der Waals surface area (Å²) in [6, 6.07) is 12.8. The highest BCUT2D eigenvalue weighted by Gasteiger charge is 2.16. The van der Waals surface area contributed by atoms with Crippen LogP contribution in [0.15, 0.2) is 36.4 Å². The van der Waals surface area contributed by atoms with Crippen LogP contribution < -0.4 is 9.80 Å². The van der Waals surface area contributed by atoms with E-state index in [1.165, 1.54) is 0 Å². The van der Waals surface area contributed by atoms with Gasteiger partial charge in [0.15, 0.2) is 0 Å². The van der Waals surface area contributed by atoms with Crippen molar-refractivity contribution >= 4 is 33.4 Å². The maximum absolute atomic E-state index is 5.46. The van der Waals surface area contributed by atoms with Gasteiger partial charge in [-0.1, -0.05) is 12.1 Å². The molecule has 6 heteroatoms. The van der Waals surface area contributed by atoms with Gasteiger partial charge in [-0.25, -0.2) is 9.97 Å². The molecule has 6 nitrogen and oxygen atoms in total. The fourth-order valence-corrected chi connectivity index (χ4v) is 3.68. The number of hydrogen-bond acceptors (Lipinski definition) is 6. The summed E-state index contributed by atoms with van der Waals surface area (Å²) in [5.74, 6) is 2.01. The number of nitrogens with zero attached hydrogens (tertiary/aromatic N) is 4. The van der Waals surface area contributed by atoms with Gasteiger partial charge in [0.25, 0.3) is 0 Å². The Morgan fingerprint density at radius 3 is 1.38 bits per heavy atom. The zero-order chi connectivity index (χ0) is 17.3. The molecule has 2 aliphatic rings. The van der Waals surface area contributed by atoms with Crippen molar-refractivity contribution in [2.24, 2.45) is 0 Å². The van der Waals surface area contributed by atoms with Crippen LogP contribution in [0.3, 0.4) is 0 Å². The first-order valence-corrected chi connectivity index (χ1v) is 9.24. The molecule has 1 aromatic carbocycles. The molecule has 0 N–H and O–H groups in total. The van der Waals surface area contributed by atoms with Gasteiger partial charge in [-0.15, -0.1) is 0 Å². The fourth-order valence-electron chi connectivity index (χ4n) is 3.68. The van der Waals surface area contributed by atoms with Gasteiger partial charge in [0.05, 0.1) is 37.5 Å². The number of benzene rings is 1. The molecule has 0 radical (unpaired) electrons. The minimum atomic E-state index is 0.759. The SMILES string of the molecule is c1cc2ccc3ccc(N4CCOCC4)nc3c2nc1N1CCOCC1. The lowest BCUT2D eigenvalue weighted by molar-refractivity contribution is 0.122. The van der Waals surface area contributed by atoms with Crippen molar-refractivity contribution in [2.75, 3.05) is 62.4 Å². The predicted molar refractivity (Wildman–Crippen MR) is 103 cm³/mol. The molecule has 2 saturated heterocycles. The van der Waals surface area contributed by atoms with Crippen LogP contribution in [0.2, 0.25) is 0 Å². The van der Waals surface area contributed by atoms with E-state index in [0.717, 1.165) is 86.0 Å². The summed E-state index contributed by atoms with van der Waals surface area (Å²) in [4.78, 5) is 14.5. The first-order valence-electron chi connectivity index (χ1n) is 9.24. The quantitative estimate of drug-likeness (QED) is 0.662. The van der Waals surface area contributed by atoms with Gasteiger partial charge in [0.1, 0.15) is 11.6 Å². The second kappa shape index (κ2) is 6.70. The molecule has 0 saturated carbocycles. The van der Waals surface area contributed by atoms with Crippen molar-refractivity contribution in [2.45, 2.75) is 0 Å². The van der Waals surface area contributed by atoms with Crippen LogP contribution in [-0.4, -0.2) is 62.6 Å². The Bertz CT molecular complexity index is 857. The monoisotopic (exact) mass is 350 g/mol. The first kappa shape index (κ1) is 15.8. The van der Waals surface area contributed by atoms with E-state index in [2.05, 4.69) is 46.2 Å². The van der Waals surface area contributed by atoms with Crippen molar-refractivity contribution in [3.8, 4) is 0 Å². The fraction of sp³-hybridized carbons (Fsp3) is 0.400. The second-order valence-corrected chi connectivity index (χ2v) is 6.75. The van der Waals surface area contributed by atoms with Crippen molar-refractivity contribution in [1.29, 1.82) is 0 Å². The number of fused-ring (bicyclic) bond motifs is 3. The third-order valence-electron chi connectivity index (χ3n) is 5.16. The molecule has 2 aromatic heterocycles. The Labute approximate surface area is 152 Å². The lowest BCUT2D eigenvalue weighted by atomic mass is 10.1. The zero-order valence-electron chi connectivity index (χ0n) is 14.7. The maximum Gasteiger partial charge on any atom is 0.129 e. The molecule has 5 rings (SSSR count). The summed E-state index contributed by atoms with van der Waals surface area (Å²) in [5.41, 5.74) is 1.95. The van der Waals surface area contributed by atoms with Gasteiger partial charge >= 0.3 is 0 Å². The topological polar surface area (TPSA) is 50.7 Å². The normalized spacial score (nSPS) is 18.6. The van der Waals surface area contributed by atoms with Crippen LogP contribution in [0.4, 0.5) is 11.6 Å².